The highest BCUT2D eigenvalue weighted by atomic mass is 19.4. The highest BCUT2D eigenvalue weighted by Crippen LogP contribution is 2.15. The summed E-state index contributed by atoms with van der Waals surface area (Å²) in [6.07, 6.45) is -6.57. The van der Waals surface area contributed by atoms with E-state index in [2.05, 4.69) is 28.2 Å². The lowest BCUT2D eigenvalue weighted by Crippen LogP contribution is -2.28. The summed E-state index contributed by atoms with van der Waals surface area (Å²) in [6, 6.07) is 0. The fraction of sp³-hybridized carbons (Fsp3) is 0.833. The van der Waals surface area contributed by atoms with E-state index < -0.39 is 48.6 Å². The molecule has 0 unspecified atom stereocenters. The van der Waals surface area contributed by atoms with Gasteiger partial charge in [-0.25, -0.2) is 19.2 Å². The van der Waals surface area contributed by atoms with Crippen LogP contribution in [0.15, 0.2) is 0 Å². The third-order valence-corrected chi connectivity index (χ3v) is 5.80. The first-order valence-corrected chi connectivity index (χ1v) is 16.9. The highest BCUT2D eigenvalue weighted by Gasteiger charge is 2.40. The summed E-state index contributed by atoms with van der Waals surface area (Å²) in [4.78, 5) is 47.3. The van der Waals surface area contributed by atoms with Gasteiger partial charge in [-0.1, -0.05) is 39.0 Å². The van der Waals surface area contributed by atoms with Crippen LogP contribution in [0.4, 0.5) is 52.7 Å². The number of nitrogens with one attached hydrogen (secondary N) is 4. The molecule has 0 aromatic carbocycles. The van der Waals surface area contributed by atoms with E-state index in [1.165, 1.54) is 44.9 Å². The van der Waals surface area contributed by atoms with Crippen LogP contribution in [0, 0.1) is 0 Å². The number of hydrogen-bond acceptors (Lipinski definition) is 9. The van der Waals surface area contributed by atoms with Gasteiger partial charge in [0.25, 0.3) is 0 Å². The van der Waals surface area contributed by atoms with E-state index in [4.69, 9.17) is 45.3 Å². The molecule has 10 N–H and O–H groups in total. The molecule has 0 aliphatic rings. The normalized spacial score (nSPS) is 11.2. The monoisotopic (exact) mass is 855 g/mol. The summed E-state index contributed by atoms with van der Waals surface area (Å²) in [5.74, 6) is -10.8. The van der Waals surface area contributed by atoms with Crippen molar-refractivity contribution in [2.45, 2.75) is 109 Å². The van der Waals surface area contributed by atoms with Crippen molar-refractivity contribution >= 4 is 29.8 Å². The van der Waals surface area contributed by atoms with Gasteiger partial charge < -0.3 is 47.4 Å². The molecule has 26 heteroatoms. The van der Waals surface area contributed by atoms with Crippen molar-refractivity contribution in [3.05, 3.63) is 0 Å². The molecule has 56 heavy (non-hydrogen) atoms. The summed E-state index contributed by atoms with van der Waals surface area (Å²) in [6.45, 7) is 10.1. The van der Waals surface area contributed by atoms with Gasteiger partial charge in [-0.2, -0.15) is 52.7 Å². The van der Waals surface area contributed by atoms with Gasteiger partial charge in [-0.05, 0) is 84.3 Å². The molecule has 0 aliphatic carbocycles. The van der Waals surface area contributed by atoms with Crippen LogP contribution in [-0.4, -0.2) is 127 Å². The maximum Gasteiger partial charge on any atom is 0.490 e. The Morgan fingerprint density at radius 1 is 0.429 bits per heavy atom. The van der Waals surface area contributed by atoms with Crippen molar-refractivity contribution in [3.63, 3.8) is 0 Å². The summed E-state index contributed by atoms with van der Waals surface area (Å²) in [7, 11) is 0. The maximum absolute atomic E-state index is 11.7. The minimum atomic E-state index is -5.08. The molecule has 0 aliphatic heterocycles. The quantitative estimate of drug-likeness (QED) is 0.0483. The highest BCUT2D eigenvalue weighted by molar-refractivity contribution is 5.75. The van der Waals surface area contributed by atoms with E-state index >= 15 is 0 Å². The summed E-state index contributed by atoms with van der Waals surface area (Å²) in [5, 5.41) is 41.9. The molecule has 336 valence electrons. The molecular formula is C30H53F12N5O9. The Kier molecular flexibility index (Phi) is 40.6. The number of aliphatic carboxylic acids is 4. The van der Waals surface area contributed by atoms with Crippen LogP contribution in [-0.2, 0) is 24.0 Å². The van der Waals surface area contributed by atoms with Crippen LogP contribution < -0.4 is 27.0 Å². The minimum Gasteiger partial charge on any atom is -0.475 e. The van der Waals surface area contributed by atoms with Crippen LogP contribution in [0.2, 0.25) is 0 Å². The van der Waals surface area contributed by atoms with Crippen molar-refractivity contribution in [1.82, 2.24) is 21.3 Å². The number of amides is 1. The lowest BCUT2D eigenvalue weighted by molar-refractivity contribution is -0.193. The Balaban J connectivity index is -0.000000247. The van der Waals surface area contributed by atoms with Crippen LogP contribution in [0.25, 0.3) is 0 Å². The first kappa shape index (κ1) is 61.6. The number of carbonyl (C=O) groups excluding carboxylic acids is 1. The molecule has 0 atom stereocenters. The lowest BCUT2D eigenvalue weighted by atomic mass is 10.1. The number of carboxylic acid groups (broad SMARTS) is 4. The Labute approximate surface area is 315 Å². The second kappa shape index (κ2) is 37.0. The van der Waals surface area contributed by atoms with Gasteiger partial charge in [-0.3, -0.25) is 4.79 Å². The fourth-order valence-electron chi connectivity index (χ4n) is 3.04. The zero-order valence-electron chi connectivity index (χ0n) is 30.6. The van der Waals surface area contributed by atoms with Crippen molar-refractivity contribution in [3.8, 4) is 0 Å². The molecule has 0 rings (SSSR count). The van der Waals surface area contributed by atoms with Gasteiger partial charge in [0.15, 0.2) is 0 Å². The number of alkyl halides is 12. The number of nitrogens with two attached hydrogens (primary N) is 1. The van der Waals surface area contributed by atoms with E-state index in [1.54, 1.807) is 0 Å². The average molecular weight is 856 g/mol. The lowest BCUT2D eigenvalue weighted by Gasteiger charge is -2.08. The molecule has 0 fully saturated rings. The molecule has 0 heterocycles. The van der Waals surface area contributed by atoms with E-state index in [-0.39, 0.29) is 5.91 Å². The van der Waals surface area contributed by atoms with Crippen LogP contribution >= 0.6 is 0 Å². The standard InChI is InChI=1S/C22H49N5O.4C2HF3O2/c1-2-3-4-5-6-7-13-22(28)27-21-12-20-26-19-11-18-25-16-9-8-15-24-17-10-14-23;4*3-2(4,5)1(6)7/h24-26H,2-21,23H2,1H3,(H,27,28);4*(H,6,7). The molecule has 0 radical (unpaired) electrons. The Morgan fingerprint density at radius 3 is 1.00 bits per heavy atom. The topological polar surface area (TPSA) is 240 Å². The third-order valence-electron chi connectivity index (χ3n) is 5.80. The van der Waals surface area contributed by atoms with Gasteiger partial charge in [0, 0.05) is 13.0 Å². The average Bonchev–Trinajstić information content (AvgIpc) is 3.05. The molecule has 0 aromatic heterocycles. The number of hydrogen-bond donors (Lipinski definition) is 9. The van der Waals surface area contributed by atoms with Crippen LogP contribution in [0.5, 0.6) is 0 Å². The van der Waals surface area contributed by atoms with Gasteiger partial charge in [0.2, 0.25) is 5.91 Å². The summed E-state index contributed by atoms with van der Waals surface area (Å²) in [5.41, 5.74) is 5.45. The molecular weight excluding hydrogens is 802 g/mol. The van der Waals surface area contributed by atoms with Gasteiger partial charge >= 0.3 is 48.6 Å². The number of rotatable bonds is 23. The molecule has 0 bridgehead atoms. The van der Waals surface area contributed by atoms with Gasteiger partial charge in [0.05, 0.1) is 0 Å². The Morgan fingerprint density at radius 2 is 0.696 bits per heavy atom. The van der Waals surface area contributed by atoms with Gasteiger partial charge in [-0.15, -0.1) is 0 Å². The molecule has 1 amide bonds. The largest absolute Gasteiger partial charge is 0.490 e. The number of carboxylic acids is 4. The molecule has 14 nitrogen and oxygen atoms in total. The van der Waals surface area contributed by atoms with Crippen LogP contribution in [0.1, 0.15) is 84.0 Å². The predicted molar refractivity (Wildman–Crippen MR) is 177 cm³/mol. The number of halogens is 12. The summed E-state index contributed by atoms with van der Waals surface area (Å²) >= 11 is 0. The zero-order chi connectivity index (χ0) is 44.9. The first-order chi connectivity index (χ1) is 25.6. The maximum atomic E-state index is 11.7. The fourth-order valence-corrected chi connectivity index (χ4v) is 3.04. The molecule has 0 saturated heterocycles. The second-order valence-corrected chi connectivity index (χ2v) is 10.9. The molecule has 0 spiro atoms. The number of carbonyl (C=O) groups is 5. The van der Waals surface area contributed by atoms with Crippen LogP contribution in [0.3, 0.4) is 0 Å². The predicted octanol–water partition coefficient (Wildman–Crippen LogP) is 5.06. The molecule has 0 saturated carbocycles. The third kappa shape index (κ3) is 57.1. The zero-order valence-corrected chi connectivity index (χ0v) is 30.6. The smallest absolute Gasteiger partial charge is 0.475 e. The summed E-state index contributed by atoms with van der Waals surface area (Å²) < 4.78 is 127. The van der Waals surface area contributed by atoms with E-state index in [1.807, 2.05) is 0 Å². The number of unbranched alkanes of at least 4 members (excludes halogenated alkanes) is 6. The minimum absolute atomic E-state index is 0.217. The second-order valence-electron chi connectivity index (χ2n) is 10.9. The van der Waals surface area contributed by atoms with Crippen molar-refractivity contribution in [1.29, 1.82) is 0 Å². The Hall–Kier alpha value is -3.65. The van der Waals surface area contributed by atoms with E-state index in [9.17, 15) is 57.5 Å². The van der Waals surface area contributed by atoms with Crippen molar-refractivity contribution < 1.29 is 97.1 Å². The van der Waals surface area contributed by atoms with Crippen molar-refractivity contribution in [2.75, 3.05) is 52.4 Å². The van der Waals surface area contributed by atoms with E-state index in [0.717, 1.165) is 78.0 Å². The van der Waals surface area contributed by atoms with E-state index in [0.29, 0.717) is 6.42 Å². The van der Waals surface area contributed by atoms with Crippen molar-refractivity contribution in [2.24, 2.45) is 5.73 Å². The van der Waals surface area contributed by atoms with Gasteiger partial charge in [0.1, 0.15) is 0 Å². The first-order valence-electron chi connectivity index (χ1n) is 16.9. The Bertz CT molecular complexity index is 921. The molecule has 0 aromatic rings. The SMILES string of the molecule is CCCCCCCCC(=O)NCCCNCCCNCCCCNCCCN.O=C(O)C(F)(F)F.O=C(O)C(F)(F)F.O=C(O)C(F)(F)F.O=C(O)C(F)(F)F.